The van der Waals surface area contributed by atoms with Gasteiger partial charge in [0, 0.05) is 37.9 Å². The monoisotopic (exact) mass is 287 g/mol. The highest BCUT2D eigenvalue weighted by Gasteiger charge is 2.39. The van der Waals surface area contributed by atoms with Crippen LogP contribution in [0.2, 0.25) is 0 Å². The topological polar surface area (TPSA) is 28.2 Å². The van der Waals surface area contributed by atoms with Crippen molar-refractivity contribution in [3.8, 4) is 0 Å². The van der Waals surface area contributed by atoms with E-state index < -0.39 is 0 Å². The molecule has 0 aliphatic heterocycles. The largest absolute Gasteiger partial charge is 0.359 e. The number of hydrogen-bond donors (Lipinski definition) is 1. The molecule has 2 aliphatic rings. The zero-order chi connectivity index (χ0) is 14.8. The van der Waals surface area contributed by atoms with Crippen LogP contribution in [0.25, 0.3) is 0 Å². The lowest BCUT2D eigenvalue weighted by atomic mass is 9.88. The van der Waals surface area contributed by atoms with Crippen molar-refractivity contribution in [3.05, 3.63) is 23.9 Å². The maximum absolute atomic E-state index is 4.65. The lowest BCUT2D eigenvalue weighted by molar-refractivity contribution is 0.337. The molecule has 1 heterocycles. The molecule has 0 aromatic carbocycles. The molecule has 0 radical (unpaired) electrons. The lowest BCUT2D eigenvalue weighted by Gasteiger charge is -2.29. The van der Waals surface area contributed by atoms with E-state index in [1.54, 1.807) is 0 Å². The van der Waals surface area contributed by atoms with Gasteiger partial charge in [-0.2, -0.15) is 0 Å². The molecule has 0 spiro atoms. The van der Waals surface area contributed by atoms with Crippen molar-refractivity contribution in [2.75, 3.05) is 18.5 Å². The summed E-state index contributed by atoms with van der Waals surface area (Å²) in [6.07, 6.45) is 7.81. The van der Waals surface area contributed by atoms with Crippen molar-refractivity contribution >= 4 is 5.82 Å². The van der Waals surface area contributed by atoms with Gasteiger partial charge < -0.3 is 10.2 Å². The van der Waals surface area contributed by atoms with Crippen molar-refractivity contribution in [3.63, 3.8) is 0 Å². The maximum Gasteiger partial charge on any atom is 0.132 e. The normalized spacial score (nSPS) is 27.5. The smallest absolute Gasteiger partial charge is 0.132 e. The number of nitrogens with zero attached hydrogens (tertiary/aromatic N) is 2. The standard InChI is InChI=1S/C18H29N3/c1-13(2)20-11-16-5-4-8-19-18(16)21(3)12-17-10-14-6-7-15(17)9-14/h4-5,8,13-15,17,20H,6-7,9-12H2,1-3H3. The van der Waals surface area contributed by atoms with Gasteiger partial charge in [0.15, 0.2) is 0 Å². The molecule has 1 aromatic heterocycles. The second-order valence-corrected chi connectivity index (χ2v) is 7.34. The Kier molecular flexibility index (Phi) is 4.48. The fraction of sp³-hybridized carbons (Fsp3) is 0.722. The van der Waals surface area contributed by atoms with E-state index in [1.165, 1.54) is 37.8 Å². The van der Waals surface area contributed by atoms with E-state index in [9.17, 15) is 0 Å². The van der Waals surface area contributed by atoms with Gasteiger partial charge in [-0.15, -0.1) is 0 Å². The number of nitrogens with one attached hydrogen (secondary N) is 1. The van der Waals surface area contributed by atoms with Gasteiger partial charge in [-0.3, -0.25) is 0 Å². The zero-order valence-corrected chi connectivity index (χ0v) is 13.7. The summed E-state index contributed by atoms with van der Waals surface area (Å²) in [5.41, 5.74) is 1.32. The van der Waals surface area contributed by atoms with Gasteiger partial charge in [0.25, 0.3) is 0 Å². The highest BCUT2D eigenvalue weighted by atomic mass is 15.2. The Hall–Kier alpha value is -1.09. The molecule has 0 amide bonds. The first kappa shape index (κ1) is 14.8. The molecular formula is C18H29N3. The Morgan fingerprint density at radius 3 is 2.86 bits per heavy atom. The van der Waals surface area contributed by atoms with Crippen LogP contribution in [0.1, 0.15) is 45.1 Å². The number of pyridine rings is 1. The molecule has 2 saturated carbocycles. The van der Waals surface area contributed by atoms with E-state index in [0.717, 1.165) is 30.1 Å². The van der Waals surface area contributed by atoms with Crippen LogP contribution in [0.3, 0.4) is 0 Å². The van der Waals surface area contributed by atoms with Crippen molar-refractivity contribution < 1.29 is 0 Å². The van der Waals surface area contributed by atoms with E-state index in [1.807, 2.05) is 12.3 Å². The summed E-state index contributed by atoms with van der Waals surface area (Å²) in [4.78, 5) is 7.04. The molecule has 3 atom stereocenters. The summed E-state index contributed by atoms with van der Waals surface area (Å²) in [7, 11) is 2.22. The third kappa shape index (κ3) is 3.39. The number of fused-ring (bicyclic) bond motifs is 2. The maximum atomic E-state index is 4.65. The van der Waals surface area contributed by atoms with Crippen molar-refractivity contribution in [1.29, 1.82) is 0 Å². The third-order valence-electron chi connectivity index (χ3n) is 5.32. The van der Waals surface area contributed by atoms with Crippen LogP contribution >= 0.6 is 0 Å². The van der Waals surface area contributed by atoms with E-state index in [4.69, 9.17) is 0 Å². The molecule has 3 rings (SSSR count). The minimum absolute atomic E-state index is 0.508. The van der Waals surface area contributed by atoms with Crippen LogP contribution in [0.5, 0.6) is 0 Å². The van der Waals surface area contributed by atoms with Gasteiger partial charge in [0.05, 0.1) is 0 Å². The Bertz CT molecular complexity index is 471. The molecule has 2 fully saturated rings. The van der Waals surface area contributed by atoms with Gasteiger partial charge in [-0.05, 0) is 43.1 Å². The quantitative estimate of drug-likeness (QED) is 0.868. The van der Waals surface area contributed by atoms with Crippen LogP contribution in [0, 0.1) is 17.8 Å². The van der Waals surface area contributed by atoms with E-state index in [-0.39, 0.29) is 0 Å². The predicted molar refractivity (Wildman–Crippen MR) is 88.4 cm³/mol. The Labute approximate surface area is 129 Å². The second kappa shape index (κ2) is 6.35. The van der Waals surface area contributed by atoms with Gasteiger partial charge >= 0.3 is 0 Å². The van der Waals surface area contributed by atoms with E-state index >= 15 is 0 Å². The highest BCUT2D eigenvalue weighted by Crippen LogP contribution is 2.48. The number of anilines is 1. The molecule has 2 aliphatic carbocycles. The molecular weight excluding hydrogens is 258 g/mol. The second-order valence-electron chi connectivity index (χ2n) is 7.34. The van der Waals surface area contributed by atoms with Crippen molar-refractivity contribution in [2.45, 2.75) is 52.1 Å². The van der Waals surface area contributed by atoms with Gasteiger partial charge in [0.1, 0.15) is 5.82 Å². The number of aromatic nitrogens is 1. The molecule has 21 heavy (non-hydrogen) atoms. The summed E-state index contributed by atoms with van der Waals surface area (Å²) in [5, 5.41) is 3.51. The Balaban J connectivity index is 1.65. The molecule has 3 nitrogen and oxygen atoms in total. The highest BCUT2D eigenvalue weighted by molar-refractivity contribution is 5.46. The lowest BCUT2D eigenvalue weighted by Crippen LogP contribution is -2.31. The minimum atomic E-state index is 0.508. The van der Waals surface area contributed by atoms with Crippen LogP contribution in [-0.4, -0.2) is 24.6 Å². The molecule has 1 N–H and O–H groups in total. The average Bonchev–Trinajstić information content (AvgIpc) is 3.08. The van der Waals surface area contributed by atoms with Crippen LogP contribution in [0.4, 0.5) is 5.82 Å². The fourth-order valence-electron chi connectivity index (χ4n) is 4.26. The van der Waals surface area contributed by atoms with Crippen molar-refractivity contribution in [1.82, 2.24) is 10.3 Å². The molecule has 116 valence electrons. The van der Waals surface area contributed by atoms with Crippen LogP contribution in [-0.2, 0) is 6.54 Å². The molecule has 2 bridgehead atoms. The summed E-state index contributed by atoms with van der Waals surface area (Å²) in [6.45, 7) is 6.46. The Morgan fingerprint density at radius 1 is 1.33 bits per heavy atom. The average molecular weight is 287 g/mol. The summed E-state index contributed by atoms with van der Waals surface area (Å²) >= 11 is 0. The van der Waals surface area contributed by atoms with Crippen molar-refractivity contribution in [2.24, 2.45) is 17.8 Å². The van der Waals surface area contributed by atoms with Gasteiger partial charge in [0.2, 0.25) is 0 Å². The minimum Gasteiger partial charge on any atom is -0.359 e. The molecule has 3 unspecified atom stereocenters. The molecule has 1 aromatic rings. The summed E-state index contributed by atoms with van der Waals surface area (Å²) in [5.74, 6) is 4.06. The molecule has 0 saturated heterocycles. The van der Waals surface area contributed by atoms with E-state index in [2.05, 4.69) is 42.2 Å². The Morgan fingerprint density at radius 2 is 2.19 bits per heavy atom. The SMILES string of the molecule is CC(C)NCc1cccnc1N(C)CC1CC2CCC1C2. The number of rotatable bonds is 6. The van der Waals surface area contributed by atoms with Gasteiger partial charge in [-0.25, -0.2) is 4.98 Å². The van der Waals surface area contributed by atoms with E-state index in [0.29, 0.717) is 6.04 Å². The van der Waals surface area contributed by atoms with Crippen LogP contribution < -0.4 is 10.2 Å². The zero-order valence-electron chi connectivity index (χ0n) is 13.7. The van der Waals surface area contributed by atoms with Crippen LogP contribution in [0.15, 0.2) is 18.3 Å². The molecule has 3 heteroatoms. The first-order chi connectivity index (χ1) is 10.1. The van der Waals surface area contributed by atoms with Gasteiger partial charge in [-0.1, -0.05) is 26.3 Å². The summed E-state index contributed by atoms with van der Waals surface area (Å²) < 4.78 is 0. The first-order valence-electron chi connectivity index (χ1n) is 8.52. The third-order valence-corrected chi connectivity index (χ3v) is 5.32. The predicted octanol–water partition coefficient (Wildman–Crippen LogP) is 3.45. The summed E-state index contributed by atoms with van der Waals surface area (Å²) in [6, 6.07) is 4.76. The fourth-order valence-corrected chi connectivity index (χ4v) is 4.26. The number of hydrogen-bond acceptors (Lipinski definition) is 3. The first-order valence-corrected chi connectivity index (χ1v) is 8.52.